The van der Waals surface area contributed by atoms with Gasteiger partial charge in [0.25, 0.3) is 5.91 Å². The first-order valence-corrected chi connectivity index (χ1v) is 11.3. The van der Waals surface area contributed by atoms with E-state index in [1.54, 1.807) is 7.11 Å². The lowest BCUT2D eigenvalue weighted by Crippen LogP contribution is -2.51. The van der Waals surface area contributed by atoms with Gasteiger partial charge in [-0.2, -0.15) is 4.98 Å². The minimum atomic E-state index is -0.135. The Bertz CT molecular complexity index is 911. The summed E-state index contributed by atoms with van der Waals surface area (Å²) in [6.07, 6.45) is 4.56. The molecule has 8 nitrogen and oxygen atoms in total. The largest absolute Gasteiger partial charge is 0.383 e. The summed E-state index contributed by atoms with van der Waals surface area (Å²) >= 11 is 0. The number of likely N-dealkylation sites (tertiary alicyclic amines) is 1. The Kier molecular flexibility index (Phi) is 6.48. The topological polar surface area (TPSA) is 82.6 Å². The maximum atomic E-state index is 13.3. The zero-order chi connectivity index (χ0) is 22.0. The van der Waals surface area contributed by atoms with Crippen molar-refractivity contribution in [3.8, 4) is 0 Å². The molecule has 1 atom stereocenters. The van der Waals surface area contributed by atoms with Crippen molar-refractivity contribution in [1.82, 2.24) is 19.6 Å². The van der Waals surface area contributed by atoms with Gasteiger partial charge < -0.3 is 23.5 Å². The molecule has 0 bridgehead atoms. The van der Waals surface area contributed by atoms with Crippen molar-refractivity contribution in [3.05, 3.63) is 34.7 Å². The molecule has 31 heavy (non-hydrogen) atoms. The number of carbonyl (C=O) groups excluding carboxylic acids is 1. The number of hydrogen-bond donors (Lipinski definition) is 0. The van der Waals surface area contributed by atoms with Gasteiger partial charge in [0, 0.05) is 51.2 Å². The molecule has 2 aromatic heterocycles. The van der Waals surface area contributed by atoms with Crippen LogP contribution in [0.5, 0.6) is 0 Å². The summed E-state index contributed by atoms with van der Waals surface area (Å²) in [5.74, 6) is 2.01. The minimum absolute atomic E-state index is 0.125. The molecule has 1 unspecified atom stereocenters. The highest BCUT2D eigenvalue weighted by Crippen LogP contribution is 2.39. The highest BCUT2D eigenvalue weighted by molar-refractivity contribution is 5.95. The molecule has 1 amide bonds. The lowest BCUT2D eigenvalue weighted by Gasteiger charge is -2.46. The van der Waals surface area contributed by atoms with E-state index in [9.17, 15) is 4.79 Å². The molecule has 0 radical (unpaired) electrons. The average molecular weight is 431 g/mol. The Morgan fingerprint density at radius 1 is 1.29 bits per heavy atom. The molecule has 2 fully saturated rings. The molecule has 2 aromatic rings. The van der Waals surface area contributed by atoms with Gasteiger partial charge in [0.05, 0.1) is 17.8 Å². The van der Waals surface area contributed by atoms with Crippen LogP contribution in [-0.4, -0.2) is 64.5 Å². The fourth-order valence-corrected chi connectivity index (χ4v) is 5.15. The molecule has 4 heterocycles. The summed E-state index contributed by atoms with van der Waals surface area (Å²) in [4.78, 5) is 19.6. The minimum Gasteiger partial charge on any atom is -0.383 e. The van der Waals surface area contributed by atoms with Gasteiger partial charge in [-0.1, -0.05) is 5.16 Å². The number of ether oxygens (including phenoxy) is 2. The molecule has 0 saturated carbocycles. The number of methoxy groups -OCH3 is 1. The molecule has 2 saturated heterocycles. The fourth-order valence-electron chi connectivity index (χ4n) is 5.15. The Labute approximate surface area is 183 Å². The number of nitrogens with zero attached hydrogens (tertiary/aromatic N) is 4. The molecule has 1 spiro atoms. The molecule has 0 aromatic carbocycles. The maximum absolute atomic E-state index is 13.3. The first kappa shape index (κ1) is 22.0. The van der Waals surface area contributed by atoms with Crippen LogP contribution in [0.1, 0.15) is 59.1 Å². The Hall–Kier alpha value is -2.19. The van der Waals surface area contributed by atoms with E-state index in [2.05, 4.69) is 14.7 Å². The highest BCUT2D eigenvalue weighted by atomic mass is 16.5. The van der Waals surface area contributed by atoms with Crippen LogP contribution < -0.4 is 0 Å². The van der Waals surface area contributed by atoms with Gasteiger partial charge in [0.1, 0.15) is 0 Å². The smallest absolute Gasteiger partial charge is 0.255 e. The second-order valence-electron chi connectivity index (χ2n) is 9.05. The first-order chi connectivity index (χ1) is 14.9. The average Bonchev–Trinajstić information content (AvgIpc) is 3.28. The zero-order valence-corrected chi connectivity index (χ0v) is 19.1. The summed E-state index contributed by atoms with van der Waals surface area (Å²) in [6.45, 7) is 9.53. The summed E-state index contributed by atoms with van der Waals surface area (Å²) in [5, 5.41) is 3.91. The fraction of sp³-hybridized carbons (Fsp3) is 0.696. The number of piperidine rings is 1. The van der Waals surface area contributed by atoms with Gasteiger partial charge in [-0.3, -0.25) is 4.79 Å². The zero-order valence-electron chi connectivity index (χ0n) is 19.1. The van der Waals surface area contributed by atoms with Crippen LogP contribution in [0.15, 0.2) is 10.6 Å². The number of carbonyl (C=O) groups is 1. The summed E-state index contributed by atoms with van der Waals surface area (Å²) in [7, 11) is 1.70. The van der Waals surface area contributed by atoms with Crippen molar-refractivity contribution < 1.29 is 18.8 Å². The summed E-state index contributed by atoms with van der Waals surface area (Å²) in [5.41, 5.74) is 2.79. The molecular weight excluding hydrogens is 396 g/mol. The quantitative estimate of drug-likeness (QED) is 0.700. The van der Waals surface area contributed by atoms with E-state index in [0.29, 0.717) is 18.3 Å². The van der Waals surface area contributed by atoms with Gasteiger partial charge in [0.15, 0.2) is 5.82 Å². The van der Waals surface area contributed by atoms with E-state index in [-0.39, 0.29) is 11.5 Å². The van der Waals surface area contributed by atoms with E-state index in [1.165, 1.54) is 0 Å². The van der Waals surface area contributed by atoms with Crippen molar-refractivity contribution in [2.24, 2.45) is 5.92 Å². The lowest BCUT2D eigenvalue weighted by atomic mass is 9.78. The van der Waals surface area contributed by atoms with Gasteiger partial charge in [0.2, 0.25) is 5.89 Å². The molecule has 4 rings (SSSR count). The normalized spacial score (nSPS) is 21.0. The van der Waals surface area contributed by atoms with Crippen LogP contribution in [0.4, 0.5) is 0 Å². The number of aryl methyl sites for hydroxylation is 2. The molecule has 0 aliphatic carbocycles. The molecule has 2 aliphatic rings. The molecule has 170 valence electrons. The van der Waals surface area contributed by atoms with Crippen molar-refractivity contribution >= 4 is 5.91 Å². The van der Waals surface area contributed by atoms with Gasteiger partial charge in [-0.15, -0.1) is 0 Å². The first-order valence-electron chi connectivity index (χ1n) is 11.3. The molecule has 2 aliphatic heterocycles. The van der Waals surface area contributed by atoms with Gasteiger partial charge in [-0.25, -0.2) is 0 Å². The highest BCUT2D eigenvalue weighted by Gasteiger charge is 2.41. The van der Waals surface area contributed by atoms with E-state index >= 15 is 0 Å². The van der Waals surface area contributed by atoms with Crippen LogP contribution in [-0.2, 0) is 22.4 Å². The van der Waals surface area contributed by atoms with Crippen LogP contribution in [0.2, 0.25) is 0 Å². The van der Waals surface area contributed by atoms with Crippen molar-refractivity contribution in [2.45, 2.75) is 65.0 Å². The molecule has 8 heteroatoms. The van der Waals surface area contributed by atoms with E-state index < -0.39 is 0 Å². The Morgan fingerprint density at radius 2 is 2.06 bits per heavy atom. The summed E-state index contributed by atoms with van der Waals surface area (Å²) in [6, 6.07) is 2.01. The van der Waals surface area contributed by atoms with Gasteiger partial charge in [-0.05, 0) is 58.4 Å². The third-order valence-corrected chi connectivity index (χ3v) is 6.91. The van der Waals surface area contributed by atoms with Crippen molar-refractivity contribution in [1.29, 1.82) is 0 Å². The van der Waals surface area contributed by atoms with E-state index in [1.807, 2.05) is 31.7 Å². The Balaban J connectivity index is 1.37. The Morgan fingerprint density at radius 3 is 2.74 bits per heavy atom. The van der Waals surface area contributed by atoms with E-state index in [4.69, 9.17) is 14.0 Å². The van der Waals surface area contributed by atoms with Crippen molar-refractivity contribution in [2.75, 3.05) is 33.4 Å². The van der Waals surface area contributed by atoms with E-state index in [0.717, 1.165) is 81.2 Å². The summed E-state index contributed by atoms with van der Waals surface area (Å²) < 4.78 is 19.0. The second kappa shape index (κ2) is 9.12. The van der Waals surface area contributed by atoms with Crippen LogP contribution in [0.3, 0.4) is 0 Å². The maximum Gasteiger partial charge on any atom is 0.255 e. The van der Waals surface area contributed by atoms with Crippen LogP contribution in [0.25, 0.3) is 0 Å². The third-order valence-electron chi connectivity index (χ3n) is 6.91. The number of amides is 1. The van der Waals surface area contributed by atoms with Crippen LogP contribution in [0, 0.1) is 26.7 Å². The lowest BCUT2D eigenvalue weighted by molar-refractivity contribution is -0.124. The standard InChI is InChI=1S/C23H34N4O4/c1-16-13-20(17(2)27(16)10-12-29-4)22(28)26-8-6-23(7-9-26)15-19(5-11-30-23)14-21-24-18(3)25-31-21/h13,19H,5-12,14-15H2,1-4H3. The van der Waals surface area contributed by atoms with Crippen LogP contribution >= 0.6 is 0 Å². The SMILES string of the molecule is COCCn1c(C)cc(C(=O)N2CCC3(CC2)CC(Cc2nc(C)no2)CCO3)c1C. The number of rotatable bonds is 6. The predicted molar refractivity (Wildman–Crippen MR) is 115 cm³/mol. The molecular formula is C23H34N4O4. The number of aromatic nitrogens is 3. The monoisotopic (exact) mass is 430 g/mol. The molecule has 0 N–H and O–H groups in total. The third kappa shape index (κ3) is 4.70. The number of hydrogen-bond acceptors (Lipinski definition) is 6. The predicted octanol–water partition coefficient (Wildman–Crippen LogP) is 3.09. The van der Waals surface area contributed by atoms with Gasteiger partial charge >= 0.3 is 0 Å². The second-order valence-corrected chi connectivity index (χ2v) is 9.05. The van der Waals surface area contributed by atoms with Crippen molar-refractivity contribution in [3.63, 3.8) is 0 Å².